The summed E-state index contributed by atoms with van der Waals surface area (Å²) in [6.07, 6.45) is 0. The van der Waals surface area contributed by atoms with Gasteiger partial charge < -0.3 is 20.3 Å². The van der Waals surface area contributed by atoms with Crippen molar-refractivity contribution < 1.29 is 18.3 Å². The van der Waals surface area contributed by atoms with Crippen LogP contribution in [0.1, 0.15) is 29.7 Å². The lowest BCUT2D eigenvalue weighted by Gasteiger charge is -2.32. The van der Waals surface area contributed by atoms with Gasteiger partial charge in [-0.2, -0.15) is 8.78 Å². The van der Waals surface area contributed by atoms with E-state index in [1.807, 2.05) is 0 Å². The molecule has 5 nitrogen and oxygen atoms in total. The predicted molar refractivity (Wildman–Crippen MR) is 95.6 cm³/mol. The number of carbonyl (C=O) groups excluding carboxylic acids is 1. The molecule has 8 heteroatoms. The molecule has 0 saturated heterocycles. The Labute approximate surface area is 151 Å². The number of aryl methyl sites for hydroxylation is 2. The second kappa shape index (κ2) is 7.35. The Hall–Kier alpha value is -2.22. The fourth-order valence-electron chi connectivity index (χ4n) is 2.89. The van der Waals surface area contributed by atoms with Crippen molar-refractivity contribution in [3.63, 3.8) is 0 Å². The molecule has 0 aromatic heterocycles. The van der Waals surface area contributed by atoms with Gasteiger partial charge in [0.2, 0.25) is 0 Å². The van der Waals surface area contributed by atoms with E-state index >= 15 is 0 Å². The first-order valence-electron chi connectivity index (χ1n) is 7.67. The zero-order chi connectivity index (χ0) is 18.9. The van der Waals surface area contributed by atoms with Gasteiger partial charge in [0.25, 0.3) is 5.91 Å². The van der Waals surface area contributed by atoms with Crippen molar-refractivity contribution in [2.45, 2.75) is 33.4 Å². The molecule has 1 aliphatic heterocycles. The van der Waals surface area contributed by atoms with Crippen LogP contribution in [0.4, 0.5) is 8.78 Å². The normalized spacial score (nSPS) is 17.3. The lowest BCUT2D eigenvalue weighted by atomic mass is 9.92. The number of hydrogen-bond acceptors (Lipinski definition) is 3. The van der Waals surface area contributed by atoms with Gasteiger partial charge in [-0.3, -0.25) is 4.79 Å². The van der Waals surface area contributed by atoms with E-state index in [1.54, 1.807) is 47.0 Å². The number of carbonyl (C=O) groups is 1. The Balaban J connectivity index is 2.52. The van der Waals surface area contributed by atoms with E-state index < -0.39 is 12.7 Å². The highest BCUT2D eigenvalue weighted by molar-refractivity contribution is 7.80. The van der Waals surface area contributed by atoms with Gasteiger partial charge in [0.15, 0.2) is 5.11 Å². The van der Waals surface area contributed by atoms with Gasteiger partial charge in [0.05, 0.1) is 11.6 Å². The van der Waals surface area contributed by atoms with E-state index in [1.165, 1.54) is 4.90 Å². The van der Waals surface area contributed by atoms with Crippen molar-refractivity contribution >= 4 is 23.2 Å². The van der Waals surface area contributed by atoms with Crippen LogP contribution < -0.4 is 15.4 Å². The van der Waals surface area contributed by atoms with Crippen molar-refractivity contribution in [2.75, 3.05) is 14.1 Å². The molecule has 2 N–H and O–H groups in total. The maximum absolute atomic E-state index is 12.6. The number of ether oxygens (including phenoxy) is 1. The van der Waals surface area contributed by atoms with Crippen molar-refractivity contribution in [1.29, 1.82) is 0 Å². The van der Waals surface area contributed by atoms with Crippen LogP contribution >= 0.6 is 12.2 Å². The molecule has 1 atom stereocenters. The molecule has 25 heavy (non-hydrogen) atoms. The van der Waals surface area contributed by atoms with E-state index in [0.717, 1.165) is 5.56 Å². The first-order valence-corrected chi connectivity index (χ1v) is 8.08. The molecule has 1 aliphatic rings. The summed E-state index contributed by atoms with van der Waals surface area (Å²) in [5, 5.41) is 6.45. The first kappa shape index (κ1) is 19.1. The monoisotopic (exact) mass is 369 g/mol. The summed E-state index contributed by atoms with van der Waals surface area (Å²) in [6.45, 7) is 2.28. The summed E-state index contributed by atoms with van der Waals surface area (Å²) >= 11 is 5.21. The third kappa shape index (κ3) is 4.07. The number of hydrogen-bond donors (Lipinski definition) is 2. The van der Waals surface area contributed by atoms with Gasteiger partial charge >= 0.3 is 6.61 Å². The minimum atomic E-state index is -2.89. The molecule has 0 spiro atoms. The lowest BCUT2D eigenvalue weighted by molar-refractivity contribution is -0.125. The third-order valence-electron chi connectivity index (χ3n) is 3.93. The highest BCUT2D eigenvalue weighted by atomic mass is 32.1. The highest BCUT2D eigenvalue weighted by Crippen LogP contribution is 2.33. The molecular weight excluding hydrogens is 348 g/mol. The second-order valence-corrected chi connectivity index (χ2v) is 6.54. The van der Waals surface area contributed by atoms with E-state index in [4.69, 9.17) is 12.2 Å². The Morgan fingerprint density at radius 1 is 1.24 bits per heavy atom. The van der Waals surface area contributed by atoms with Crippen LogP contribution in [0, 0.1) is 13.8 Å². The highest BCUT2D eigenvalue weighted by Gasteiger charge is 2.31. The number of benzene rings is 1. The fraction of sp³-hybridized carbons (Fsp3) is 0.412. The smallest absolute Gasteiger partial charge is 0.387 e. The van der Waals surface area contributed by atoms with Gasteiger partial charge in [-0.1, -0.05) is 0 Å². The molecule has 1 amide bonds. The molecular formula is C17H21F2N3O2S. The van der Waals surface area contributed by atoms with Crippen LogP contribution in [0.3, 0.4) is 0 Å². The van der Waals surface area contributed by atoms with Crippen LogP contribution in [-0.4, -0.2) is 36.6 Å². The van der Waals surface area contributed by atoms with Crippen molar-refractivity contribution in [2.24, 2.45) is 0 Å². The maximum Gasteiger partial charge on any atom is 0.387 e. The molecule has 1 heterocycles. The number of halogens is 2. The van der Waals surface area contributed by atoms with Gasteiger partial charge in [-0.05, 0) is 61.8 Å². The Morgan fingerprint density at radius 2 is 1.80 bits per heavy atom. The lowest BCUT2D eigenvalue weighted by Crippen LogP contribution is -2.46. The van der Waals surface area contributed by atoms with Gasteiger partial charge in [0.1, 0.15) is 5.75 Å². The first-order chi connectivity index (χ1) is 11.6. The number of allylic oxidation sites excluding steroid dienone is 1. The molecule has 136 valence electrons. The van der Waals surface area contributed by atoms with E-state index in [0.29, 0.717) is 27.5 Å². The van der Waals surface area contributed by atoms with Crippen LogP contribution in [0.25, 0.3) is 0 Å². The Kier molecular flexibility index (Phi) is 5.62. The van der Waals surface area contributed by atoms with Crippen LogP contribution in [0.5, 0.6) is 5.75 Å². The summed E-state index contributed by atoms with van der Waals surface area (Å²) in [4.78, 5) is 14.1. The zero-order valence-electron chi connectivity index (χ0n) is 14.7. The second-order valence-electron chi connectivity index (χ2n) is 6.13. The Morgan fingerprint density at radius 3 is 2.28 bits per heavy atom. The van der Waals surface area contributed by atoms with Crippen molar-refractivity contribution in [3.8, 4) is 5.75 Å². The van der Waals surface area contributed by atoms with Crippen LogP contribution in [-0.2, 0) is 4.79 Å². The third-order valence-corrected chi connectivity index (χ3v) is 4.15. The molecule has 0 fully saturated rings. The fourth-order valence-corrected chi connectivity index (χ4v) is 3.16. The largest absolute Gasteiger partial charge is 0.434 e. The summed E-state index contributed by atoms with van der Waals surface area (Å²) in [5.41, 5.74) is 3.08. The van der Waals surface area contributed by atoms with E-state index in [2.05, 4.69) is 15.4 Å². The molecule has 0 bridgehead atoms. The summed E-state index contributed by atoms with van der Waals surface area (Å²) in [6, 6.07) is 2.99. The summed E-state index contributed by atoms with van der Waals surface area (Å²) in [5.74, 6) is -0.00957. The molecule has 0 radical (unpaired) electrons. The number of nitrogens with zero attached hydrogens (tertiary/aromatic N) is 1. The molecule has 2 rings (SSSR count). The topological polar surface area (TPSA) is 53.6 Å². The minimum Gasteiger partial charge on any atom is -0.434 e. The minimum absolute atomic E-state index is 0.149. The number of nitrogens with one attached hydrogen (secondary N) is 2. The van der Waals surface area contributed by atoms with Gasteiger partial charge in [-0.25, -0.2) is 0 Å². The molecule has 1 aromatic rings. The summed E-state index contributed by atoms with van der Waals surface area (Å²) in [7, 11) is 3.34. The molecule has 0 saturated carbocycles. The molecule has 0 aliphatic carbocycles. The van der Waals surface area contributed by atoms with Crippen LogP contribution in [0.15, 0.2) is 23.4 Å². The number of rotatable bonds is 4. The van der Waals surface area contributed by atoms with Crippen molar-refractivity contribution in [3.05, 3.63) is 40.1 Å². The number of likely N-dealkylation sites (N-methyl/N-ethyl adjacent to an activating group) is 1. The van der Waals surface area contributed by atoms with Gasteiger partial charge in [0, 0.05) is 19.8 Å². The number of thiocarbonyl (C=S) groups is 1. The Bertz CT molecular complexity index is 724. The quantitative estimate of drug-likeness (QED) is 0.800. The molecule has 0 unspecified atom stereocenters. The summed E-state index contributed by atoms with van der Waals surface area (Å²) < 4.78 is 29.7. The average molecular weight is 369 g/mol. The predicted octanol–water partition coefficient (Wildman–Crippen LogP) is 2.79. The van der Waals surface area contributed by atoms with E-state index in [-0.39, 0.29) is 11.7 Å². The zero-order valence-corrected chi connectivity index (χ0v) is 15.6. The SMILES string of the molecule is CC1=C(C(=O)N(C)C)[C@@H](c2cc(C)c(OC(F)F)c(C)c2)NC(=S)N1. The standard InChI is InChI=1S/C17H21F2N3O2S/c1-8-6-11(7-9(2)14(8)24-16(18)19)13-12(15(23)22(4)5)10(3)20-17(25)21-13/h6-7,13,16H,1-5H3,(H2,20,21,25)/t13-/m1/s1. The number of amides is 1. The average Bonchev–Trinajstić information content (AvgIpc) is 2.49. The van der Waals surface area contributed by atoms with Crippen LogP contribution in [0.2, 0.25) is 0 Å². The number of alkyl halides is 2. The molecule has 1 aromatic carbocycles. The van der Waals surface area contributed by atoms with Gasteiger partial charge in [-0.15, -0.1) is 0 Å². The maximum atomic E-state index is 12.6. The van der Waals surface area contributed by atoms with Crippen molar-refractivity contribution in [1.82, 2.24) is 15.5 Å². The van der Waals surface area contributed by atoms with E-state index in [9.17, 15) is 13.6 Å².